The third-order valence-corrected chi connectivity index (χ3v) is 5.15. The van der Waals surface area contributed by atoms with E-state index in [1.165, 1.54) is 50.9 Å². The van der Waals surface area contributed by atoms with Crippen LogP contribution in [0.2, 0.25) is 0 Å². The fourth-order valence-corrected chi connectivity index (χ4v) is 3.49. The SMILES string of the molecule is CC(C)=CCCC(C)CN1CCC(CCC(=O)NCCN(C)C)CC1. The van der Waals surface area contributed by atoms with Crippen molar-refractivity contribution in [3.8, 4) is 0 Å². The largest absolute Gasteiger partial charge is 0.355 e. The van der Waals surface area contributed by atoms with Gasteiger partial charge in [-0.25, -0.2) is 0 Å². The Morgan fingerprint density at radius 1 is 1.28 bits per heavy atom. The van der Waals surface area contributed by atoms with Gasteiger partial charge < -0.3 is 15.1 Å². The minimum absolute atomic E-state index is 0.220. The van der Waals surface area contributed by atoms with Crippen molar-refractivity contribution in [3.63, 3.8) is 0 Å². The first-order valence-electron chi connectivity index (χ1n) is 10.1. The number of rotatable bonds is 11. The lowest BCUT2D eigenvalue weighted by molar-refractivity contribution is -0.121. The molecule has 1 aliphatic heterocycles. The second-order valence-corrected chi connectivity index (χ2v) is 8.40. The van der Waals surface area contributed by atoms with Gasteiger partial charge in [-0.2, -0.15) is 0 Å². The number of carbonyl (C=O) groups is 1. The Hall–Kier alpha value is -0.870. The van der Waals surface area contributed by atoms with E-state index < -0.39 is 0 Å². The van der Waals surface area contributed by atoms with Crippen LogP contribution in [0.4, 0.5) is 0 Å². The van der Waals surface area contributed by atoms with Gasteiger partial charge in [0.15, 0.2) is 0 Å². The number of carbonyl (C=O) groups excluding carboxylic acids is 1. The molecule has 1 atom stereocenters. The van der Waals surface area contributed by atoms with Crippen LogP contribution in [-0.4, -0.2) is 62.5 Å². The molecule has 1 saturated heterocycles. The minimum atomic E-state index is 0.220. The second-order valence-electron chi connectivity index (χ2n) is 8.40. The molecule has 1 N–H and O–H groups in total. The summed E-state index contributed by atoms with van der Waals surface area (Å²) in [6.45, 7) is 12.1. The van der Waals surface area contributed by atoms with Crippen LogP contribution in [0.5, 0.6) is 0 Å². The molecule has 1 amide bonds. The van der Waals surface area contributed by atoms with Gasteiger partial charge in [0.05, 0.1) is 0 Å². The number of amides is 1. The molecule has 1 heterocycles. The fraction of sp³-hybridized carbons (Fsp3) is 0.857. The zero-order chi connectivity index (χ0) is 18.7. The molecular weight excluding hydrogens is 310 g/mol. The van der Waals surface area contributed by atoms with Crippen molar-refractivity contribution in [3.05, 3.63) is 11.6 Å². The Bertz CT molecular complexity index is 394. The minimum Gasteiger partial charge on any atom is -0.355 e. The number of allylic oxidation sites excluding steroid dienone is 2. The van der Waals surface area contributed by atoms with Crippen LogP contribution in [0.15, 0.2) is 11.6 Å². The van der Waals surface area contributed by atoms with Gasteiger partial charge in [-0.3, -0.25) is 4.79 Å². The average Bonchev–Trinajstić information content (AvgIpc) is 2.53. The van der Waals surface area contributed by atoms with Crippen LogP contribution >= 0.6 is 0 Å². The molecule has 1 unspecified atom stereocenters. The predicted molar refractivity (Wildman–Crippen MR) is 108 cm³/mol. The van der Waals surface area contributed by atoms with Crippen LogP contribution in [0.25, 0.3) is 0 Å². The third-order valence-electron chi connectivity index (χ3n) is 5.15. The van der Waals surface area contributed by atoms with Gasteiger partial charge in [0.25, 0.3) is 0 Å². The molecule has 0 aromatic carbocycles. The van der Waals surface area contributed by atoms with E-state index in [0.717, 1.165) is 31.3 Å². The summed E-state index contributed by atoms with van der Waals surface area (Å²) in [7, 11) is 4.06. The van der Waals surface area contributed by atoms with Gasteiger partial charge in [-0.05, 0) is 85.0 Å². The monoisotopic (exact) mass is 351 g/mol. The lowest BCUT2D eigenvalue weighted by atomic mass is 9.91. The van der Waals surface area contributed by atoms with Crippen molar-refractivity contribution < 1.29 is 4.79 Å². The van der Waals surface area contributed by atoms with Crippen LogP contribution in [-0.2, 0) is 4.79 Å². The number of nitrogens with one attached hydrogen (secondary N) is 1. The number of likely N-dealkylation sites (tertiary alicyclic amines) is 1. The van der Waals surface area contributed by atoms with E-state index in [0.29, 0.717) is 6.42 Å². The number of piperidine rings is 1. The lowest BCUT2D eigenvalue weighted by Gasteiger charge is -2.33. The Balaban J connectivity index is 2.11. The molecule has 0 aromatic heterocycles. The second kappa shape index (κ2) is 12.5. The third kappa shape index (κ3) is 11.4. The zero-order valence-corrected chi connectivity index (χ0v) is 17.3. The van der Waals surface area contributed by atoms with Gasteiger partial charge >= 0.3 is 0 Å². The molecule has 1 aliphatic rings. The van der Waals surface area contributed by atoms with Crippen LogP contribution < -0.4 is 5.32 Å². The van der Waals surface area contributed by atoms with E-state index in [1.54, 1.807) is 0 Å². The summed E-state index contributed by atoms with van der Waals surface area (Å²) >= 11 is 0. The molecule has 0 aliphatic carbocycles. The summed E-state index contributed by atoms with van der Waals surface area (Å²) in [5, 5.41) is 3.02. The van der Waals surface area contributed by atoms with E-state index in [9.17, 15) is 4.79 Å². The number of hydrogen-bond donors (Lipinski definition) is 1. The van der Waals surface area contributed by atoms with Crippen LogP contribution in [0, 0.1) is 11.8 Å². The molecule has 0 radical (unpaired) electrons. The summed E-state index contributed by atoms with van der Waals surface area (Å²) < 4.78 is 0. The lowest BCUT2D eigenvalue weighted by Crippen LogP contribution is -2.37. The predicted octanol–water partition coefficient (Wildman–Crippen LogP) is 3.54. The molecular formula is C21H41N3O. The maximum atomic E-state index is 11.9. The molecule has 0 spiro atoms. The van der Waals surface area contributed by atoms with E-state index >= 15 is 0 Å². The number of nitrogens with zero attached hydrogens (tertiary/aromatic N) is 2. The van der Waals surface area contributed by atoms with Gasteiger partial charge in [0.2, 0.25) is 5.91 Å². The van der Waals surface area contributed by atoms with Gasteiger partial charge in [0.1, 0.15) is 0 Å². The summed E-state index contributed by atoms with van der Waals surface area (Å²) in [6.07, 6.45) is 9.11. The van der Waals surface area contributed by atoms with E-state index in [1.807, 2.05) is 14.1 Å². The fourth-order valence-electron chi connectivity index (χ4n) is 3.49. The van der Waals surface area contributed by atoms with E-state index in [-0.39, 0.29) is 5.91 Å². The normalized spacial score (nSPS) is 17.5. The number of likely N-dealkylation sites (N-methyl/N-ethyl adjacent to an activating group) is 1. The van der Waals surface area contributed by atoms with E-state index in [4.69, 9.17) is 0 Å². The van der Waals surface area contributed by atoms with Crippen molar-refractivity contribution >= 4 is 5.91 Å². The molecule has 4 heteroatoms. The van der Waals surface area contributed by atoms with Crippen molar-refractivity contribution in [2.24, 2.45) is 11.8 Å². The van der Waals surface area contributed by atoms with Gasteiger partial charge in [-0.15, -0.1) is 0 Å². The maximum Gasteiger partial charge on any atom is 0.220 e. The standard InChI is InChI=1S/C21H41N3O/c1-18(2)7-6-8-19(3)17-24-14-11-20(12-15-24)9-10-21(25)22-13-16-23(4)5/h7,19-20H,6,8-17H2,1-5H3,(H,22,25). The summed E-state index contributed by atoms with van der Waals surface area (Å²) in [6, 6.07) is 0. The first kappa shape index (κ1) is 22.2. The Kier molecular flexibility index (Phi) is 11.1. The highest BCUT2D eigenvalue weighted by molar-refractivity contribution is 5.75. The quantitative estimate of drug-likeness (QED) is 0.578. The number of hydrogen-bond acceptors (Lipinski definition) is 3. The highest BCUT2D eigenvalue weighted by Gasteiger charge is 2.20. The highest BCUT2D eigenvalue weighted by atomic mass is 16.1. The Morgan fingerprint density at radius 3 is 2.56 bits per heavy atom. The first-order valence-corrected chi connectivity index (χ1v) is 10.1. The maximum absolute atomic E-state index is 11.9. The van der Waals surface area contributed by atoms with Crippen LogP contribution in [0.3, 0.4) is 0 Å². The average molecular weight is 352 g/mol. The zero-order valence-electron chi connectivity index (χ0n) is 17.3. The highest BCUT2D eigenvalue weighted by Crippen LogP contribution is 2.23. The summed E-state index contributed by atoms with van der Waals surface area (Å²) in [5.41, 5.74) is 1.43. The summed E-state index contributed by atoms with van der Waals surface area (Å²) in [5.74, 6) is 1.73. The molecule has 4 nitrogen and oxygen atoms in total. The van der Waals surface area contributed by atoms with Crippen molar-refractivity contribution in [2.45, 2.75) is 59.3 Å². The smallest absolute Gasteiger partial charge is 0.220 e. The topological polar surface area (TPSA) is 35.6 Å². The first-order chi connectivity index (χ1) is 11.9. The van der Waals surface area contributed by atoms with Crippen molar-refractivity contribution in [2.75, 3.05) is 46.8 Å². The molecule has 146 valence electrons. The molecule has 0 saturated carbocycles. The molecule has 0 aromatic rings. The Morgan fingerprint density at radius 2 is 1.96 bits per heavy atom. The molecule has 1 fully saturated rings. The molecule has 0 bridgehead atoms. The van der Waals surface area contributed by atoms with Crippen molar-refractivity contribution in [1.29, 1.82) is 0 Å². The van der Waals surface area contributed by atoms with Crippen LogP contribution in [0.1, 0.15) is 59.3 Å². The molecule has 1 rings (SSSR count). The Labute approximate surface area is 156 Å². The van der Waals surface area contributed by atoms with Crippen molar-refractivity contribution in [1.82, 2.24) is 15.1 Å². The van der Waals surface area contributed by atoms with Gasteiger partial charge in [-0.1, -0.05) is 18.6 Å². The van der Waals surface area contributed by atoms with Gasteiger partial charge in [0, 0.05) is 26.1 Å². The van der Waals surface area contributed by atoms with E-state index in [2.05, 4.69) is 42.0 Å². The molecule has 25 heavy (non-hydrogen) atoms. The summed E-state index contributed by atoms with van der Waals surface area (Å²) in [4.78, 5) is 16.6.